The van der Waals surface area contributed by atoms with Crippen molar-refractivity contribution in [1.82, 2.24) is 19.9 Å². The van der Waals surface area contributed by atoms with Gasteiger partial charge in [-0.15, -0.1) is 0 Å². The maximum atomic E-state index is 13.8. The molecule has 244 valence electrons. The number of hydrogen-bond donors (Lipinski definition) is 1. The number of benzene rings is 2. The van der Waals surface area contributed by atoms with Crippen molar-refractivity contribution in [3.8, 4) is 11.1 Å². The largest absolute Gasteiger partial charge is 0.337 e. The number of nitrogens with one attached hydrogen (secondary N) is 1. The molecule has 3 aromatic rings. The molecule has 0 unspecified atom stereocenters. The summed E-state index contributed by atoms with van der Waals surface area (Å²) in [6, 6.07) is 12.6. The molecule has 46 heavy (non-hydrogen) atoms. The van der Waals surface area contributed by atoms with Gasteiger partial charge < -0.3 is 14.3 Å². The molecule has 1 N–H and O–H groups in total. The van der Waals surface area contributed by atoms with Gasteiger partial charge in [-0.25, -0.2) is 17.9 Å². The molecule has 1 saturated heterocycles. The maximum absolute atomic E-state index is 13.8. The number of nitrogens with zero attached hydrogens (tertiary/aromatic N) is 5. The number of unbranched alkanes of at least 4 members (excludes halogenated alkanes) is 1. The maximum Gasteiger partial charge on any atom is 0.320 e. The number of aromatic nitrogens is 1. The monoisotopic (exact) mass is 646 g/mol. The van der Waals surface area contributed by atoms with Crippen LogP contribution in [-0.4, -0.2) is 71.7 Å². The number of carbonyl (C=O) groups excluding carboxylic acids is 2. The number of aryl methyl sites for hydroxylation is 1. The lowest BCUT2D eigenvalue weighted by molar-refractivity contribution is -0.131. The van der Waals surface area contributed by atoms with Crippen molar-refractivity contribution in [2.75, 3.05) is 24.9 Å². The van der Waals surface area contributed by atoms with Crippen LogP contribution in [0.3, 0.4) is 0 Å². The fourth-order valence-electron chi connectivity index (χ4n) is 6.69. The number of anilines is 1. The zero-order chi connectivity index (χ0) is 32.6. The highest BCUT2D eigenvalue weighted by Crippen LogP contribution is 2.40. The van der Waals surface area contributed by atoms with Crippen molar-refractivity contribution in [2.24, 2.45) is 4.99 Å². The van der Waals surface area contributed by atoms with Gasteiger partial charge in [0, 0.05) is 44.2 Å². The normalized spacial score (nSPS) is 17.9. The summed E-state index contributed by atoms with van der Waals surface area (Å²) < 4.78 is 35.3. The van der Waals surface area contributed by atoms with Crippen molar-refractivity contribution >= 4 is 33.7 Å². The number of carbonyl (C=O) groups is 2. The number of aliphatic imine (C=N–C) groups is 1. The van der Waals surface area contributed by atoms with Crippen LogP contribution < -0.4 is 4.72 Å². The van der Waals surface area contributed by atoms with Gasteiger partial charge in [0.2, 0.25) is 5.88 Å². The molecule has 1 saturated carbocycles. The molecule has 1 spiro atoms. The summed E-state index contributed by atoms with van der Waals surface area (Å²) in [5, 5.41) is 3.88. The van der Waals surface area contributed by atoms with Crippen LogP contribution in [0.25, 0.3) is 11.1 Å². The second-order valence-corrected chi connectivity index (χ2v) is 14.4. The highest BCUT2D eigenvalue weighted by Gasteiger charge is 2.49. The van der Waals surface area contributed by atoms with Crippen LogP contribution in [0.1, 0.15) is 74.3 Å². The highest BCUT2D eigenvalue weighted by atomic mass is 32.2. The van der Waals surface area contributed by atoms with E-state index in [4.69, 9.17) is 9.52 Å². The molecule has 1 aromatic heterocycles. The highest BCUT2D eigenvalue weighted by molar-refractivity contribution is 7.92. The first-order chi connectivity index (χ1) is 22.0. The lowest BCUT2D eigenvalue weighted by Gasteiger charge is -2.24. The van der Waals surface area contributed by atoms with Gasteiger partial charge in [-0.05, 0) is 55.9 Å². The van der Waals surface area contributed by atoms with Crippen LogP contribution >= 0.6 is 0 Å². The van der Waals surface area contributed by atoms with E-state index >= 15 is 0 Å². The summed E-state index contributed by atoms with van der Waals surface area (Å²) in [5.41, 5.74) is 3.47. The van der Waals surface area contributed by atoms with E-state index in [0.29, 0.717) is 48.6 Å². The topological polar surface area (TPSA) is 128 Å². The minimum Gasteiger partial charge on any atom is -0.337 e. The zero-order valence-corrected chi connectivity index (χ0v) is 27.8. The molecule has 0 atom stereocenters. The van der Waals surface area contributed by atoms with Crippen molar-refractivity contribution in [1.29, 1.82) is 0 Å². The van der Waals surface area contributed by atoms with E-state index in [1.165, 1.54) is 0 Å². The van der Waals surface area contributed by atoms with E-state index in [0.717, 1.165) is 61.9 Å². The quantitative estimate of drug-likeness (QED) is 0.278. The van der Waals surface area contributed by atoms with E-state index in [1.54, 1.807) is 55.0 Å². The zero-order valence-electron chi connectivity index (χ0n) is 27.0. The molecule has 0 bridgehead atoms. The molecule has 2 aromatic carbocycles. The summed E-state index contributed by atoms with van der Waals surface area (Å²) in [4.78, 5) is 37.2. The number of urea groups is 1. The SMILES string of the molecule is CCCCC1=NC2(CCCC2)C(=O)N1Cc1ccc(-c2ccccc2S(=O)(=O)Nc2onc(C)c2C)c(CN2CCN(C)C2=O)c1. The number of amides is 3. The van der Waals surface area contributed by atoms with E-state index in [9.17, 15) is 18.0 Å². The molecule has 1 aliphatic carbocycles. The first-order valence-corrected chi connectivity index (χ1v) is 17.6. The van der Waals surface area contributed by atoms with E-state index in [1.807, 2.05) is 23.1 Å². The Hall–Kier alpha value is -4.19. The minimum atomic E-state index is -4.07. The summed E-state index contributed by atoms with van der Waals surface area (Å²) in [5.74, 6) is 1.01. The summed E-state index contributed by atoms with van der Waals surface area (Å²) in [7, 11) is -2.30. The summed E-state index contributed by atoms with van der Waals surface area (Å²) in [6.07, 6.45) is 6.32. The molecule has 12 heteroatoms. The second-order valence-electron chi connectivity index (χ2n) is 12.7. The molecule has 0 radical (unpaired) electrons. The number of rotatable bonds is 11. The Labute approximate surface area is 270 Å². The molecule has 6 rings (SSSR count). The van der Waals surface area contributed by atoms with Gasteiger partial charge in [0.15, 0.2) is 0 Å². The number of hydrogen-bond acceptors (Lipinski definition) is 7. The molecule has 2 fully saturated rings. The Balaban J connectivity index is 1.38. The van der Waals surface area contributed by atoms with E-state index < -0.39 is 15.6 Å². The smallest absolute Gasteiger partial charge is 0.320 e. The third-order valence-corrected chi connectivity index (χ3v) is 10.9. The summed E-state index contributed by atoms with van der Waals surface area (Å²) in [6.45, 7) is 7.47. The Morgan fingerprint density at radius 2 is 1.76 bits per heavy atom. The lowest BCUT2D eigenvalue weighted by Crippen LogP contribution is -2.40. The van der Waals surface area contributed by atoms with Gasteiger partial charge in [-0.1, -0.05) is 67.7 Å². The van der Waals surface area contributed by atoms with Gasteiger partial charge in [0.1, 0.15) is 11.4 Å². The first kappa shape index (κ1) is 31.8. The van der Waals surface area contributed by atoms with Gasteiger partial charge in [-0.2, -0.15) is 0 Å². The Morgan fingerprint density at radius 1 is 1.00 bits per heavy atom. The average molecular weight is 647 g/mol. The first-order valence-electron chi connectivity index (χ1n) is 16.1. The van der Waals surface area contributed by atoms with Gasteiger partial charge in [-0.3, -0.25) is 14.7 Å². The predicted octanol–water partition coefficient (Wildman–Crippen LogP) is 5.87. The van der Waals surface area contributed by atoms with Crippen LogP contribution in [0.2, 0.25) is 0 Å². The van der Waals surface area contributed by atoms with Crippen molar-refractivity contribution in [3.63, 3.8) is 0 Å². The number of likely N-dealkylation sites (N-methyl/N-ethyl adjacent to an activating group) is 1. The van der Waals surface area contributed by atoms with Gasteiger partial charge in [0.05, 0.1) is 17.1 Å². The third kappa shape index (κ3) is 5.90. The predicted molar refractivity (Wildman–Crippen MR) is 176 cm³/mol. The van der Waals surface area contributed by atoms with Crippen LogP contribution in [0.4, 0.5) is 10.7 Å². The Bertz CT molecular complexity index is 1790. The standard InChI is InChI=1S/C34H42N6O5S/c1-5-6-13-30-35-34(16-9-10-17-34)32(41)40(30)21-25-14-15-27(26(20-25)22-39-19-18-38(4)33(39)42)28-11-7-8-12-29(28)46(43,44)37-31-23(2)24(3)36-45-31/h7-8,11-12,14-15,20,37H,5-6,9-10,13,16-19,21-22H2,1-4H3. The lowest BCUT2D eigenvalue weighted by atomic mass is 9.96. The van der Waals surface area contributed by atoms with Crippen molar-refractivity contribution in [3.05, 3.63) is 64.8 Å². The molecule has 3 heterocycles. The molecular weight excluding hydrogens is 604 g/mol. The minimum absolute atomic E-state index is 0.0735. The van der Waals surface area contributed by atoms with Crippen LogP contribution in [0.15, 0.2) is 56.9 Å². The van der Waals surface area contributed by atoms with E-state index in [-0.39, 0.29) is 22.7 Å². The Kier molecular flexibility index (Phi) is 8.66. The molecule has 3 aliphatic rings. The van der Waals surface area contributed by atoms with Crippen LogP contribution in [-0.2, 0) is 27.9 Å². The van der Waals surface area contributed by atoms with Crippen LogP contribution in [0, 0.1) is 13.8 Å². The van der Waals surface area contributed by atoms with Gasteiger partial charge in [0.25, 0.3) is 15.9 Å². The van der Waals surface area contributed by atoms with Gasteiger partial charge >= 0.3 is 6.03 Å². The molecule has 11 nitrogen and oxygen atoms in total. The molecule has 2 aliphatic heterocycles. The fourth-order valence-corrected chi connectivity index (χ4v) is 7.96. The molecular formula is C34H42N6O5S. The Morgan fingerprint density at radius 3 is 2.43 bits per heavy atom. The molecule has 3 amide bonds. The average Bonchev–Trinajstić information content (AvgIpc) is 3.79. The third-order valence-electron chi connectivity index (χ3n) is 9.51. The number of amidine groups is 1. The van der Waals surface area contributed by atoms with E-state index in [2.05, 4.69) is 16.8 Å². The van der Waals surface area contributed by atoms with Crippen molar-refractivity contribution in [2.45, 2.75) is 89.2 Å². The van der Waals surface area contributed by atoms with Crippen molar-refractivity contribution < 1.29 is 22.5 Å². The number of sulfonamides is 1. The second kappa shape index (κ2) is 12.5. The fraction of sp³-hybridized carbons (Fsp3) is 0.471. The summed E-state index contributed by atoms with van der Waals surface area (Å²) >= 11 is 0. The van der Waals surface area contributed by atoms with Crippen LogP contribution in [0.5, 0.6) is 0 Å².